The maximum absolute atomic E-state index is 12.2. The lowest BCUT2D eigenvalue weighted by atomic mass is 9.81. The standard InChI is InChI=1S/C18H26N4O4/c1-11-5-19-14(12(2)15(11)23)8-21-6-13-7-22(17(26)20(3)4)10-18(13,9-21)16(24)25/h5,13H,6-10H2,1-4H3,(H,19,23)(H,24,25)/t13-,18-/m1/s1. The zero-order valence-corrected chi connectivity index (χ0v) is 15.7. The second-order valence-corrected chi connectivity index (χ2v) is 7.79. The highest BCUT2D eigenvalue weighted by molar-refractivity contribution is 5.80. The Balaban J connectivity index is 1.79. The zero-order chi connectivity index (χ0) is 19.2. The van der Waals surface area contributed by atoms with Gasteiger partial charge in [0.25, 0.3) is 0 Å². The van der Waals surface area contributed by atoms with Gasteiger partial charge in [-0.2, -0.15) is 0 Å². The van der Waals surface area contributed by atoms with Crippen LogP contribution in [0.2, 0.25) is 0 Å². The van der Waals surface area contributed by atoms with E-state index < -0.39 is 11.4 Å². The first kappa shape index (κ1) is 18.4. The molecule has 1 aromatic rings. The summed E-state index contributed by atoms with van der Waals surface area (Å²) < 4.78 is 0. The van der Waals surface area contributed by atoms with Crippen LogP contribution < -0.4 is 5.43 Å². The minimum absolute atomic E-state index is 0.0221. The Morgan fingerprint density at radius 1 is 1.31 bits per heavy atom. The Hall–Kier alpha value is -2.35. The number of amides is 2. The number of likely N-dealkylation sites (tertiary alicyclic amines) is 2. The summed E-state index contributed by atoms with van der Waals surface area (Å²) in [4.78, 5) is 44.8. The minimum Gasteiger partial charge on any atom is -0.481 e. The lowest BCUT2D eigenvalue weighted by Crippen LogP contribution is -2.44. The van der Waals surface area contributed by atoms with Gasteiger partial charge in [-0.15, -0.1) is 0 Å². The molecule has 142 valence electrons. The number of carboxylic acid groups (broad SMARTS) is 1. The lowest BCUT2D eigenvalue weighted by Gasteiger charge is -2.27. The maximum atomic E-state index is 12.2. The van der Waals surface area contributed by atoms with Gasteiger partial charge >= 0.3 is 12.0 Å². The fourth-order valence-electron chi connectivity index (χ4n) is 4.21. The molecular weight excluding hydrogens is 336 g/mol. The molecule has 2 fully saturated rings. The van der Waals surface area contributed by atoms with Gasteiger partial charge in [0.2, 0.25) is 0 Å². The number of aromatic nitrogens is 1. The van der Waals surface area contributed by atoms with E-state index in [9.17, 15) is 19.5 Å². The van der Waals surface area contributed by atoms with Gasteiger partial charge in [0.05, 0.1) is 0 Å². The van der Waals surface area contributed by atoms with Crippen molar-refractivity contribution in [1.82, 2.24) is 19.7 Å². The molecule has 3 rings (SSSR count). The van der Waals surface area contributed by atoms with E-state index in [-0.39, 0.29) is 23.9 Å². The highest BCUT2D eigenvalue weighted by Gasteiger charge is 2.58. The first-order valence-corrected chi connectivity index (χ1v) is 8.75. The van der Waals surface area contributed by atoms with Gasteiger partial charge in [-0.3, -0.25) is 14.5 Å². The summed E-state index contributed by atoms with van der Waals surface area (Å²) in [6, 6.07) is -0.148. The molecule has 0 aliphatic carbocycles. The summed E-state index contributed by atoms with van der Waals surface area (Å²) in [5.74, 6) is -0.963. The predicted octanol–water partition coefficient (Wildman–Crippen LogP) is 0.492. The van der Waals surface area contributed by atoms with Gasteiger partial charge in [-0.25, -0.2) is 4.79 Å². The molecule has 8 heteroatoms. The largest absolute Gasteiger partial charge is 0.481 e. The van der Waals surface area contributed by atoms with Crippen LogP contribution in [-0.4, -0.2) is 77.1 Å². The molecule has 26 heavy (non-hydrogen) atoms. The molecule has 8 nitrogen and oxygen atoms in total. The van der Waals surface area contributed by atoms with Crippen LogP contribution in [0.15, 0.2) is 11.0 Å². The number of carbonyl (C=O) groups is 2. The lowest BCUT2D eigenvalue weighted by molar-refractivity contribution is -0.148. The van der Waals surface area contributed by atoms with E-state index in [0.717, 1.165) is 5.69 Å². The molecule has 2 saturated heterocycles. The van der Waals surface area contributed by atoms with E-state index in [4.69, 9.17) is 0 Å². The summed E-state index contributed by atoms with van der Waals surface area (Å²) in [7, 11) is 3.35. The third-order valence-electron chi connectivity index (χ3n) is 5.75. The van der Waals surface area contributed by atoms with Gasteiger partial charge in [0.1, 0.15) is 5.41 Å². The number of rotatable bonds is 3. The van der Waals surface area contributed by atoms with Crippen molar-refractivity contribution in [1.29, 1.82) is 0 Å². The molecule has 0 saturated carbocycles. The number of aromatic amines is 1. The number of nitrogens with one attached hydrogen (secondary N) is 1. The van der Waals surface area contributed by atoms with E-state index in [2.05, 4.69) is 9.88 Å². The minimum atomic E-state index is -0.940. The highest BCUT2D eigenvalue weighted by atomic mass is 16.4. The number of hydrogen-bond acceptors (Lipinski definition) is 4. The molecule has 0 aromatic carbocycles. The number of hydrogen-bond donors (Lipinski definition) is 2. The molecule has 2 atom stereocenters. The molecule has 2 amide bonds. The summed E-state index contributed by atoms with van der Waals surface area (Å²) >= 11 is 0. The molecule has 0 radical (unpaired) electrons. The highest BCUT2D eigenvalue weighted by Crippen LogP contribution is 2.43. The molecule has 1 aromatic heterocycles. The summed E-state index contributed by atoms with van der Waals surface area (Å²) in [5, 5.41) is 9.90. The molecule has 3 heterocycles. The molecule has 0 bridgehead atoms. The Labute approximate surface area is 152 Å². The number of fused-ring (bicyclic) bond motifs is 1. The number of nitrogens with zero attached hydrogens (tertiary/aromatic N) is 3. The number of pyridine rings is 1. The predicted molar refractivity (Wildman–Crippen MR) is 96.0 cm³/mol. The van der Waals surface area contributed by atoms with Crippen molar-refractivity contribution in [3.63, 3.8) is 0 Å². The average Bonchev–Trinajstić information content (AvgIpc) is 3.09. The van der Waals surface area contributed by atoms with Crippen LogP contribution in [0.1, 0.15) is 16.8 Å². The van der Waals surface area contributed by atoms with Crippen molar-refractivity contribution in [3.8, 4) is 0 Å². The Morgan fingerprint density at radius 2 is 2.00 bits per heavy atom. The number of carboxylic acids is 1. The van der Waals surface area contributed by atoms with Gasteiger partial charge in [0.15, 0.2) is 5.43 Å². The SMILES string of the molecule is Cc1c[nH]c(CN2C[C@@H]3CN(C(=O)N(C)C)C[C@]3(C(=O)O)C2)c(C)c1=O. The van der Waals surface area contributed by atoms with Gasteiger partial charge < -0.3 is 19.9 Å². The molecular formula is C18H26N4O4. The number of urea groups is 1. The van der Waals surface area contributed by atoms with Crippen molar-refractivity contribution in [2.45, 2.75) is 20.4 Å². The normalized spacial score (nSPS) is 25.4. The fraction of sp³-hybridized carbons (Fsp3) is 0.611. The maximum Gasteiger partial charge on any atom is 0.319 e. The second-order valence-electron chi connectivity index (χ2n) is 7.79. The van der Waals surface area contributed by atoms with E-state index >= 15 is 0 Å². The third kappa shape index (κ3) is 2.88. The Morgan fingerprint density at radius 3 is 2.58 bits per heavy atom. The Kier molecular flexibility index (Phi) is 4.56. The number of aryl methyl sites for hydroxylation is 1. The van der Waals surface area contributed by atoms with Crippen LogP contribution in [-0.2, 0) is 11.3 Å². The van der Waals surface area contributed by atoms with Crippen LogP contribution in [0.3, 0.4) is 0 Å². The van der Waals surface area contributed by atoms with Crippen LogP contribution >= 0.6 is 0 Å². The molecule has 0 unspecified atom stereocenters. The summed E-state index contributed by atoms with van der Waals surface area (Å²) in [6.07, 6.45) is 1.70. The first-order valence-electron chi connectivity index (χ1n) is 8.75. The third-order valence-corrected chi connectivity index (χ3v) is 5.75. The average molecular weight is 362 g/mol. The number of carbonyl (C=O) groups excluding carboxylic acids is 1. The molecule has 2 N–H and O–H groups in total. The zero-order valence-electron chi connectivity index (χ0n) is 15.7. The van der Waals surface area contributed by atoms with E-state index in [1.807, 2.05) is 0 Å². The van der Waals surface area contributed by atoms with Crippen molar-refractivity contribution in [2.75, 3.05) is 40.3 Å². The summed E-state index contributed by atoms with van der Waals surface area (Å²) in [6.45, 7) is 5.72. The topological polar surface area (TPSA) is 97.0 Å². The summed E-state index contributed by atoms with van der Waals surface area (Å²) in [5.41, 5.74) is 1.25. The van der Waals surface area contributed by atoms with Crippen molar-refractivity contribution >= 4 is 12.0 Å². The second kappa shape index (κ2) is 6.42. The van der Waals surface area contributed by atoms with E-state index in [1.54, 1.807) is 39.0 Å². The van der Waals surface area contributed by atoms with Gasteiger partial charge in [0, 0.05) is 75.8 Å². The van der Waals surface area contributed by atoms with Gasteiger partial charge in [-0.1, -0.05) is 0 Å². The van der Waals surface area contributed by atoms with Crippen molar-refractivity contribution in [2.24, 2.45) is 11.3 Å². The van der Waals surface area contributed by atoms with Crippen molar-refractivity contribution in [3.05, 3.63) is 33.2 Å². The molecule has 2 aliphatic heterocycles. The van der Waals surface area contributed by atoms with Crippen LogP contribution in [0.5, 0.6) is 0 Å². The van der Waals surface area contributed by atoms with Crippen LogP contribution in [0.4, 0.5) is 4.79 Å². The molecule has 2 aliphatic rings. The fourth-order valence-corrected chi connectivity index (χ4v) is 4.21. The van der Waals surface area contributed by atoms with Crippen LogP contribution in [0.25, 0.3) is 0 Å². The number of aliphatic carboxylic acids is 1. The monoisotopic (exact) mass is 362 g/mol. The van der Waals surface area contributed by atoms with Crippen molar-refractivity contribution < 1.29 is 14.7 Å². The van der Waals surface area contributed by atoms with E-state index in [0.29, 0.717) is 37.3 Å². The van der Waals surface area contributed by atoms with Gasteiger partial charge in [-0.05, 0) is 13.8 Å². The quantitative estimate of drug-likeness (QED) is 0.816. The molecule has 0 spiro atoms. The first-order chi connectivity index (χ1) is 12.2. The Bertz CT molecular complexity index is 803. The van der Waals surface area contributed by atoms with Crippen LogP contribution in [0, 0.1) is 25.2 Å². The van der Waals surface area contributed by atoms with E-state index in [1.165, 1.54) is 4.90 Å². The number of H-pyrrole nitrogens is 1. The smallest absolute Gasteiger partial charge is 0.319 e.